The number of nitrogens with one attached hydrogen (secondary N) is 1. The maximum absolute atomic E-state index is 12.9. The summed E-state index contributed by atoms with van der Waals surface area (Å²) in [4.78, 5) is 14.1. The highest BCUT2D eigenvalue weighted by Crippen LogP contribution is 2.31. The molecule has 0 radical (unpaired) electrons. The van der Waals surface area contributed by atoms with Gasteiger partial charge in [-0.15, -0.1) is 11.3 Å². The molecular weight excluding hydrogens is 332 g/mol. The fraction of sp³-hybridized carbons (Fsp3) is 0.368. The van der Waals surface area contributed by atoms with Gasteiger partial charge in [-0.05, 0) is 58.4 Å². The summed E-state index contributed by atoms with van der Waals surface area (Å²) in [7, 11) is 0. The van der Waals surface area contributed by atoms with Crippen molar-refractivity contribution in [2.45, 2.75) is 47.2 Å². The monoisotopic (exact) mass is 356 g/mol. The fourth-order valence-electron chi connectivity index (χ4n) is 2.99. The van der Waals surface area contributed by atoms with Crippen LogP contribution in [0.3, 0.4) is 0 Å². The van der Waals surface area contributed by atoms with Gasteiger partial charge < -0.3 is 9.88 Å². The van der Waals surface area contributed by atoms with Crippen LogP contribution in [0.5, 0.6) is 0 Å². The van der Waals surface area contributed by atoms with Crippen LogP contribution < -0.4 is 5.32 Å². The van der Waals surface area contributed by atoms with Crippen molar-refractivity contribution < 1.29 is 4.79 Å². The highest BCUT2D eigenvalue weighted by atomic mass is 32.1. The fourth-order valence-corrected chi connectivity index (χ4v) is 4.11. The van der Waals surface area contributed by atoms with Crippen molar-refractivity contribution in [1.29, 1.82) is 0 Å². The van der Waals surface area contributed by atoms with Crippen molar-refractivity contribution in [1.82, 2.24) is 19.7 Å². The Bertz CT molecular complexity index is 889. The lowest BCUT2D eigenvalue weighted by molar-refractivity contribution is 0.0935. The first-order chi connectivity index (χ1) is 11.9. The Labute approximate surface area is 152 Å². The molecule has 0 spiro atoms. The quantitative estimate of drug-likeness (QED) is 0.756. The summed E-state index contributed by atoms with van der Waals surface area (Å²) in [5.74, 6) is -0.0282. The van der Waals surface area contributed by atoms with Crippen LogP contribution in [0.1, 0.15) is 39.1 Å². The molecule has 0 aromatic carbocycles. The second kappa shape index (κ2) is 6.88. The molecule has 1 N–H and O–H groups in total. The predicted molar refractivity (Wildman–Crippen MR) is 102 cm³/mol. The Morgan fingerprint density at radius 3 is 2.52 bits per heavy atom. The highest BCUT2D eigenvalue weighted by Gasteiger charge is 2.22. The van der Waals surface area contributed by atoms with Gasteiger partial charge in [0.05, 0.1) is 17.8 Å². The average molecular weight is 356 g/mol. The van der Waals surface area contributed by atoms with E-state index in [1.165, 1.54) is 4.88 Å². The van der Waals surface area contributed by atoms with E-state index in [0.717, 1.165) is 27.5 Å². The summed E-state index contributed by atoms with van der Waals surface area (Å²) in [5.41, 5.74) is 3.91. The minimum absolute atomic E-state index is 0.0115. The maximum atomic E-state index is 12.9. The van der Waals surface area contributed by atoms with E-state index in [1.54, 1.807) is 11.3 Å². The minimum Gasteiger partial charge on any atom is -0.348 e. The molecule has 3 aromatic heterocycles. The lowest BCUT2D eigenvalue weighted by Crippen LogP contribution is -2.36. The molecule has 132 valence electrons. The zero-order valence-corrected chi connectivity index (χ0v) is 16.1. The third kappa shape index (κ3) is 3.54. The van der Waals surface area contributed by atoms with E-state index in [-0.39, 0.29) is 11.9 Å². The molecule has 6 heteroatoms. The van der Waals surface area contributed by atoms with Gasteiger partial charge in [0.15, 0.2) is 0 Å². The maximum Gasteiger partial charge on any atom is 0.254 e. The Balaban J connectivity index is 1.80. The summed E-state index contributed by atoms with van der Waals surface area (Å²) in [6, 6.07) is 5.97. The predicted octanol–water partition coefficient (Wildman–Crippen LogP) is 3.79. The van der Waals surface area contributed by atoms with Gasteiger partial charge >= 0.3 is 0 Å². The summed E-state index contributed by atoms with van der Waals surface area (Å²) in [5, 5.41) is 8.57. The Hall–Kier alpha value is -2.34. The lowest BCUT2D eigenvalue weighted by atomic mass is 10.1. The van der Waals surface area contributed by atoms with Crippen LogP contribution in [0.2, 0.25) is 0 Å². The second-order valence-corrected chi connectivity index (χ2v) is 7.74. The molecule has 3 rings (SSSR count). The largest absolute Gasteiger partial charge is 0.348 e. The number of carbonyl (C=O) groups excluding carboxylic acids is 1. The van der Waals surface area contributed by atoms with Gasteiger partial charge in [-0.1, -0.05) is 0 Å². The van der Waals surface area contributed by atoms with Crippen LogP contribution in [-0.4, -0.2) is 26.3 Å². The number of hydrogen-bond acceptors (Lipinski definition) is 3. The SMILES string of the molecule is Cc1cc(C)n(C[C@H](C)NC(=O)c2c(-n3cccc3)sc(C)c2C)n1. The molecule has 0 aliphatic rings. The molecule has 0 aliphatic carbocycles. The van der Waals surface area contributed by atoms with Crippen molar-refractivity contribution in [2.75, 3.05) is 0 Å². The molecule has 3 aromatic rings. The van der Waals surface area contributed by atoms with Gasteiger partial charge in [0.1, 0.15) is 5.00 Å². The van der Waals surface area contributed by atoms with Crippen LogP contribution in [0.15, 0.2) is 30.6 Å². The van der Waals surface area contributed by atoms with Gasteiger partial charge in [-0.2, -0.15) is 5.10 Å². The van der Waals surface area contributed by atoms with E-state index in [9.17, 15) is 4.79 Å². The molecule has 1 atom stereocenters. The summed E-state index contributed by atoms with van der Waals surface area (Å²) >= 11 is 1.65. The van der Waals surface area contributed by atoms with Gasteiger partial charge in [0.25, 0.3) is 5.91 Å². The normalized spacial score (nSPS) is 12.4. The van der Waals surface area contributed by atoms with E-state index in [2.05, 4.69) is 17.3 Å². The van der Waals surface area contributed by atoms with Crippen molar-refractivity contribution in [2.24, 2.45) is 0 Å². The van der Waals surface area contributed by atoms with Crippen LogP contribution in [-0.2, 0) is 6.54 Å². The van der Waals surface area contributed by atoms with Crippen LogP contribution >= 0.6 is 11.3 Å². The number of aromatic nitrogens is 3. The molecule has 1 amide bonds. The number of amides is 1. The van der Waals surface area contributed by atoms with E-state index in [1.807, 2.05) is 67.5 Å². The third-order valence-electron chi connectivity index (χ3n) is 4.36. The standard InChI is InChI=1S/C19H24N4OS/c1-12-10-14(3)23(21-12)11-13(2)20-18(24)17-15(4)16(5)25-19(17)22-8-6-7-9-22/h6-10,13H,11H2,1-5H3,(H,20,24)/t13-/m0/s1. The van der Waals surface area contributed by atoms with E-state index in [0.29, 0.717) is 6.54 Å². The molecule has 3 heterocycles. The van der Waals surface area contributed by atoms with Crippen LogP contribution in [0.4, 0.5) is 0 Å². The lowest BCUT2D eigenvalue weighted by Gasteiger charge is -2.16. The van der Waals surface area contributed by atoms with Crippen LogP contribution in [0, 0.1) is 27.7 Å². The second-order valence-electron chi connectivity index (χ2n) is 6.54. The zero-order chi connectivity index (χ0) is 18.1. The molecule has 5 nitrogen and oxygen atoms in total. The van der Waals surface area contributed by atoms with E-state index in [4.69, 9.17) is 0 Å². The Morgan fingerprint density at radius 2 is 1.92 bits per heavy atom. The first-order valence-corrected chi connectivity index (χ1v) is 9.23. The molecule has 25 heavy (non-hydrogen) atoms. The first-order valence-electron chi connectivity index (χ1n) is 8.42. The number of aryl methyl sites for hydroxylation is 3. The summed E-state index contributed by atoms with van der Waals surface area (Å²) < 4.78 is 3.95. The summed E-state index contributed by atoms with van der Waals surface area (Å²) in [6.07, 6.45) is 3.95. The number of carbonyl (C=O) groups is 1. The molecule has 0 saturated heterocycles. The topological polar surface area (TPSA) is 51.9 Å². The number of hydrogen-bond donors (Lipinski definition) is 1. The van der Waals surface area contributed by atoms with Gasteiger partial charge in [0.2, 0.25) is 0 Å². The molecular formula is C19H24N4OS. The smallest absolute Gasteiger partial charge is 0.254 e. The number of nitrogens with zero attached hydrogens (tertiary/aromatic N) is 3. The van der Waals surface area contributed by atoms with Crippen molar-refractivity contribution in [3.8, 4) is 5.00 Å². The van der Waals surface area contributed by atoms with Crippen molar-refractivity contribution in [3.05, 3.63) is 58.0 Å². The van der Waals surface area contributed by atoms with E-state index < -0.39 is 0 Å². The average Bonchev–Trinajstić information content (AvgIpc) is 3.22. The van der Waals surface area contributed by atoms with Crippen molar-refractivity contribution >= 4 is 17.2 Å². The Kier molecular flexibility index (Phi) is 4.81. The number of rotatable bonds is 5. The molecule has 0 fully saturated rings. The van der Waals surface area contributed by atoms with Crippen molar-refractivity contribution in [3.63, 3.8) is 0 Å². The molecule has 0 bridgehead atoms. The first kappa shape index (κ1) is 17.5. The molecule has 0 unspecified atom stereocenters. The van der Waals surface area contributed by atoms with Gasteiger partial charge in [-0.25, -0.2) is 0 Å². The Morgan fingerprint density at radius 1 is 1.24 bits per heavy atom. The zero-order valence-electron chi connectivity index (χ0n) is 15.3. The summed E-state index contributed by atoms with van der Waals surface area (Å²) in [6.45, 7) is 10.8. The number of thiophene rings is 1. The highest BCUT2D eigenvalue weighted by molar-refractivity contribution is 7.15. The third-order valence-corrected chi connectivity index (χ3v) is 5.58. The van der Waals surface area contributed by atoms with Crippen LogP contribution in [0.25, 0.3) is 5.00 Å². The molecule has 0 saturated carbocycles. The van der Waals surface area contributed by atoms with E-state index >= 15 is 0 Å². The molecule has 0 aliphatic heterocycles. The van der Waals surface area contributed by atoms with Gasteiger partial charge in [-0.3, -0.25) is 9.48 Å². The van der Waals surface area contributed by atoms with Gasteiger partial charge in [0, 0.05) is 29.0 Å². The minimum atomic E-state index is -0.0282.